The van der Waals surface area contributed by atoms with Crippen LogP contribution in [0, 0.1) is 5.82 Å². The summed E-state index contributed by atoms with van der Waals surface area (Å²) >= 11 is 0. The van der Waals surface area contributed by atoms with E-state index in [1.54, 1.807) is 6.07 Å². The average molecular weight is 251 g/mol. The van der Waals surface area contributed by atoms with E-state index in [-0.39, 0.29) is 5.82 Å². The summed E-state index contributed by atoms with van der Waals surface area (Å²) in [6.45, 7) is 6.25. The second kappa shape index (κ2) is 5.67. The van der Waals surface area contributed by atoms with Crippen molar-refractivity contribution in [3.05, 3.63) is 29.6 Å². The van der Waals surface area contributed by atoms with Gasteiger partial charge in [-0.25, -0.2) is 4.39 Å². The lowest BCUT2D eigenvalue weighted by Gasteiger charge is -2.28. The second-order valence-electron chi connectivity index (χ2n) is 5.33. The Kier molecular flexibility index (Phi) is 4.19. The molecule has 2 rings (SSSR count). The molecule has 1 saturated heterocycles. The van der Waals surface area contributed by atoms with E-state index in [1.165, 1.54) is 6.07 Å². The van der Waals surface area contributed by atoms with Crippen LogP contribution in [-0.2, 0) is 6.54 Å². The maximum Gasteiger partial charge on any atom is 0.125 e. The first-order chi connectivity index (χ1) is 8.54. The van der Waals surface area contributed by atoms with Crippen molar-refractivity contribution in [1.29, 1.82) is 0 Å². The molecule has 1 aromatic rings. The monoisotopic (exact) mass is 251 g/mol. The van der Waals surface area contributed by atoms with Crippen LogP contribution in [0.4, 0.5) is 10.1 Å². The minimum Gasteiger partial charge on any atom is -0.399 e. The lowest BCUT2D eigenvalue weighted by molar-refractivity contribution is 0.194. The summed E-state index contributed by atoms with van der Waals surface area (Å²) < 4.78 is 13.3. The lowest BCUT2D eigenvalue weighted by Crippen LogP contribution is -2.37. The number of nitrogen functional groups attached to an aromatic ring is 1. The third-order valence-electron chi connectivity index (χ3n) is 3.55. The van der Waals surface area contributed by atoms with Crippen LogP contribution < -0.4 is 5.73 Å². The molecule has 0 spiro atoms. The maximum absolute atomic E-state index is 13.3. The summed E-state index contributed by atoms with van der Waals surface area (Å²) in [7, 11) is 2.15. The Bertz CT molecular complexity index is 388. The van der Waals surface area contributed by atoms with E-state index in [1.807, 2.05) is 6.07 Å². The van der Waals surface area contributed by atoms with Crippen LogP contribution in [0.25, 0.3) is 0 Å². The number of rotatable bonds is 2. The van der Waals surface area contributed by atoms with Gasteiger partial charge in [-0.1, -0.05) is 0 Å². The van der Waals surface area contributed by atoms with Gasteiger partial charge in [0.15, 0.2) is 0 Å². The van der Waals surface area contributed by atoms with Gasteiger partial charge in [0.1, 0.15) is 5.82 Å². The largest absolute Gasteiger partial charge is 0.399 e. The van der Waals surface area contributed by atoms with Gasteiger partial charge in [-0.2, -0.15) is 0 Å². The van der Waals surface area contributed by atoms with Crippen LogP contribution in [0.1, 0.15) is 18.9 Å². The first-order valence-corrected chi connectivity index (χ1v) is 6.52. The van der Waals surface area contributed by atoms with Crippen LogP contribution in [0.15, 0.2) is 18.2 Å². The minimum absolute atomic E-state index is 0.246. The highest BCUT2D eigenvalue weighted by atomic mass is 19.1. The summed E-state index contributed by atoms with van der Waals surface area (Å²) in [5.41, 5.74) is 7.15. The molecule has 0 aliphatic carbocycles. The van der Waals surface area contributed by atoms with Crippen molar-refractivity contribution in [2.75, 3.05) is 32.4 Å². The van der Waals surface area contributed by atoms with Gasteiger partial charge in [0.2, 0.25) is 0 Å². The number of likely N-dealkylation sites (N-methyl/N-ethyl adjacent to an activating group) is 1. The maximum atomic E-state index is 13.3. The van der Waals surface area contributed by atoms with Gasteiger partial charge in [-0.15, -0.1) is 0 Å². The van der Waals surface area contributed by atoms with E-state index in [2.05, 4.69) is 23.8 Å². The van der Waals surface area contributed by atoms with Crippen LogP contribution in [0.3, 0.4) is 0 Å². The van der Waals surface area contributed by atoms with Crippen molar-refractivity contribution >= 4 is 5.69 Å². The smallest absolute Gasteiger partial charge is 0.125 e. The molecule has 4 heteroatoms. The number of nitrogens with zero attached hydrogens (tertiary/aromatic N) is 2. The summed E-state index contributed by atoms with van der Waals surface area (Å²) in [6.07, 6.45) is 1.16. The Morgan fingerprint density at radius 2 is 2.11 bits per heavy atom. The number of nitrogens with two attached hydrogens (primary N) is 1. The van der Waals surface area contributed by atoms with E-state index >= 15 is 0 Å². The standard InChI is InChI=1S/C14H22FN3/c1-11-9-17(2)4-3-5-18(11)10-12-6-13(15)8-14(16)7-12/h6-8,11H,3-5,9-10,16H2,1-2H3. The third-order valence-corrected chi connectivity index (χ3v) is 3.55. The van der Waals surface area contributed by atoms with Crippen LogP contribution >= 0.6 is 0 Å². The Balaban J connectivity index is 2.07. The Hall–Kier alpha value is -1.13. The van der Waals surface area contributed by atoms with Gasteiger partial charge >= 0.3 is 0 Å². The van der Waals surface area contributed by atoms with E-state index < -0.39 is 0 Å². The van der Waals surface area contributed by atoms with E-state index in [0.29, 0.717) is 11.7 Å². The Morgan fingerprint density at radius 1 is 1.33 bits per heavy atom. The zero-order chi connectivity index (χ0) is 13.1. The zero-order valence-electron chi connectivity index (χ0n) is 11.2. The molecule has 1 fully saturated rings. The Morgan fingerprint density at radius 3 is 2.83 bits per heavy atom. The van der Waals surface area contributed by atoms with Gasteiger partial charge in [0, 0.05) is 31.4 Å². The topological polar surface area (TPSA) is 32.5 Å². The highest BCUT2D eigenvalue weighted by Crippen LogP contribution is 2.16. The molecule has 1 aromatic carbocycles. The van der Waals surface area contributed by atoms with E-state index in [4.69, 9.17) is 5.73 Å². The van der Waals surface area contributed by atoms with Gasteiger partial charge in [0.05, 0.1) is 0 Å². The van der Waals surface area contributed by atoms with Crippen molar-refractivity contribution in [3.8, 4) is 0 Å². The predicted molar refractivity (Wildman–Crippen MR) is 72.8 cm³/mol. The molecule has 1 unspecified atom stereocenters. The minimum atomic E-state index is -0.246. The predicted octanol–water partition coefficient (Wildman–Crippen LogP) is 1.93. The molecule has 0 amide bonds. The molecular formula is C14H22FN3. The quantitative estimate of drug-likeness (QED) is 0.815. The third kappa shape index (κ3) is 3.43. The molecule has 0 saturated carbocycles. The number of halogens is 1. The lowest BCUT2D eigenvalue weighted by atomic mass is 10.1. The number of hydrogen-bond donors (Lipinski definition) is 1. The normalized spacial score (nSPS) is 22.9. The van der Waals surface area contributed by atoms with Crippen LogP contribution in [-0.4, -0.2) is 42.5 Å². The summed E-state index contributed by atoms with van der Waals surface area (Å²) in [4.78, 5) is 4.75. The van der Waals surface area contributed by atoms with Crippen molar-refractivity contribution in [3.63, 3.8) is 0 Å². The fourth-order valence-electron chi connectivity index (χ4n) is 2.66. The molecule has 1 heterocycles. The van der Waals surface area contributed by atoms with Crippen LogP contribution in [0.5, 0.6) is 0 Å². The number of anilines is 1. The number of hydrogen-bond acceptors (Lipinski definition) is 3. The van der Waals surface area contributed by atoms with Gasteiger partial charge in [-0.3, -0.25) is 4.90 Å². The first kappa shape index (κ1) is 13.3. The summed E-state index contributed by atoms with van der Waals surface area (Å²) in [6, 6.07) is 5.30. The fourth-order valence-corrected chi connectivity index (χ4v) is 2.66. The molecular weight excluding hydrogens is 229 g/mol. The fraction of sp³-hybridized carbons (Fsp3) is 0.571. The summed E-state index contributed by atoms with van der Waals surface area (Å²) in [5.74, 6) is -0.246. The molecule has 3 nitrogen and oxygen atoms in total. The van der Waals surface area contributed by atoms with Crippen molar-refractivity contribution in [1.82, 2.24) is 9.80 Å². The molecule has 1 atom stereocenters. The zero-order valence-corrected chi connectivity index (χ0v) is 11.2. The molecule has 1 aliphatic heterocycles. The molecule has 0 radical (unpaired) electrons. The highest BCUT2D eigenvalue weighted by molar-refractivity contribution is 5.41. The molecule has 1 aliphatic rings. The molecule has 18 heavy (non-hydrogen) atoms. The van der Waals surface area contributed by atoms with Gasteiger partial charge < -0.3 is 10.6 Å². The van der Waals surface area contributed by atoms with Crippen molar-refractivity contribution < 1.29 is 4.39 Å². The highest BCUT2D eigenvalue weighted by Gasteiger charge is 2.19. The van der Waals surface area contributed by atoms with Crippen LogP contribution in [0.2, 0.25) is 0 Å². The average Bonchev–Trinajstić information content (AvgIpc) is 2.39. The van der Waals surface area contributed by atoms with Gasteiger partial charge in [0.25, 0.3) is 0 Å². The molecule has 0 aromatic heterocycles. The van der Waals surface area contributed by atoms with Crippen molar-refractivity contribution in [2.45, 2.75) is 25.9 Å². The first-order valence-electron chi connectivity index (χ1n) is 6.52. The molecule has 2 N–H and O–H groups in total. The van der Waals surface area contributed by atoms with E-state index in [0.717, 1.165) is 38.2 Å². The van der Waals surface area contributed by atoms with Gasteiger partial charge in [-0.05, 0) is 50.7 Å². The van der Waals surface area contributed by atoms with Crippen molar-refractivity contribution in [2.24, 2.45) is 0 Å². The Labute approximate surface area is 108 Å². The SMILES string of the molecule is CC1CN(C)CCCN1Cc1cc(N)cc(F)c1. The van der Waals surface area contributed by atoms with E-state index in [9.17, 15) is 4.39 Å². The molecule has 100 valence electrons. The summed E-state index contributed by atoms with van der Waals surface area (Å²) in [5, 5.41) is 0. The number of benzene rings is 1. The molecule has 0 bridgehead atoms. The second-order valence-corrected chi connectivity index (χ2v) is 5.33.